The van der Waals surface area contributed by atoms with E-state index in [1.807, 2.05) is 12.1 Å². The van der Waals surface area contributed by atoms with Crippen LogP contribution in [0.4, 0.5) is 94.1 Å². The topological polar surface area (TPSA) is 16.2 Å². The van der Waals surface area contributed by atoms with Crippen molar-refractivity contribution in [3.63, 3.8) is 0 Å². The van der Waals surface area contributed by atoms with E-state index in [-0.39, 0.29) is 19.1 Å². The van der Waals surface area contributed by atoms with Crippen LogP contribution in [0.5, 0.6) is 0 Å². The Hall–Kier alpha value is -11.6. The zero-order valence-electron chi connectivity index (χ0n) is 50.8. The fourth-order valence-electron chi connectivity index (χ4n) is 15.1. The summed E-state index contributed by atoms with van der Waals surface area (Å²) in [5.74, 6) is -1.32. The second-order valence-electron chi connectivity index (χ2n) is 24.2. The molecule has 14 aromatic rings. The third-order valence-corrected chi connectivity index (χ3v) is 20.1. The molecule has 0 N–H and O–H groups in total. The van der Waals surface area contributed by atoms with E-state index in [1.54, 1.807) is 17.8 Å². The molecule has 4 aliphatic rings. The van der Waals surface area contributed by atoms with Crippen LogP contribution in [-0.2, 0) is 0 Å². The maximum Gasteiger partial charge on any atom is 0.252 e. The van der Waals surface area contributed by atoms with Crippen LogP contribution in [0.15, 0.2) is 343 Å². The monoisotopic (exact) mass is 1230 g/mol. The molecule has 5 nitrogen and oxygen atoms in total. The molecule has 0 atom stereocenters. The van der Waals surface area contributed by atoms with Crippen molar-refractivity contribution in [3.05, 3.63) is 345 Å². The highest BCUT2D eigenvalue weighted by Crippen LogP contribution is 2.53. The third kappa shape index (κ3) is 9.00. The molecule has 10 heteroatoms. The number of anilines is 15. The highest BCUT2D eigenvalue weighted by molar-refractivity contribution is 8.00. The molecule has 4 heterocycles. The number of halogens is 2. The number of hydrogen-bond acceptors (Lipinski definition) is 6. The van der Waals surface area contributed by atoms with Gasteiger partial charge in [-0.2, -0.15) is 0 Å². The van der Waals surface area contributed by atoms with Gasteiger partial charge in [0.05, 0.1) is 22.7 Å². The normalized spacial score (nSPS) is 12.9. The maximum absolute atomic E-state index is 17.9. The summed E-state index contributed by atoms with van der Waals surface area (Å²) in [5, 5.41) is 0. The number of rotatable bonds is 11. The summed E-state index contributed by atoms with van der Waals surface area (Å²) in [6.07, 6.45) is 0. The van der Waals surface area contributed by atoms with Gasteiger partial charge >= 0.3 is 0 Å². The molecule has 0 aliphatic carbocycles. The van der Waals surface area contributed by atoms with Gasteiger partial charge in [-0.15, -0.1) is 0 Å². The van der Waals surface area contributed by atoms with Gasteiger partial charge in [0.15, 0.2) is 0 Å². The van der Waals surface area contributed by atoms with Crippen molar-refractivity contribution in [3.8, 4) is 22.3 Å². The Kier molecular flexibility index (Phi) is 13.3. The molecule has 442 valence electrons. The molecule has 94 heavy (non-hydrogen) atoms. The highest BCUT2D eigenvalue weighted by Gasteiger charge is 2.48. The fourth-order valence-corrected chi connectivity index (χ4v) is 16.3. The van der Waals surface area contributed by atoms with Crippen molar-refractivity contribution < 1.29 is 8.78 Å². The Morgan fingerprint density at radius 2 is 0.734 bits per heavy atom. The summed E-state index contributed by atoms with van der Waals surface area (Å²) in [4.78, 5) is 13.8. The molecule has 0 saturated heterocycles. The van der Waals surface area contributed by atoms with Crippen LogP contribution in [0.25, 0.3) is 22.3 Å². The predicted octanol–water partition coefficient (Wildman–Crippen LogP) is 19.1. The summed E-state index contributed by atoms with van der Waals surface area (Å²) in [7, 11) is 0. The standard InChI is InChI=1S/C84H55B2F2N5S/c87-58-47-48-76(71(88)49-58)93-77-55-81-70(86-67-41-21-25-45-74(67)91(62-37-17-6-18-38-62)80-52-64(53-82(94-81)84(80)86)89(59-31-11-3-12-32-59)60-33-13-4-14-34-60)54-69(77)85-68-42-22-26-46-75(68)92(73-44-24-20-40-66(73)57-29-9-2-10-30-57)78-50-63(51-79(93)83(78)85)90(61-35-15-5-16-36-61)72-43-23-19-39-65(72)56-27-7-1-8-28-56/h1-55H. The molecule has 0 bridgehead atoms. The van der Waals surface area contributed by atoms with Crippen LogP contribution >= 0.6 is 11.8 Å². The SMILES string of the molecule is Fc1ccc(N2c3cc4c(cc3B3c5ccccc5N(c5ccccc5-c5ccccc5)c5cc(N(c6ccccc6)c6ccccc6-c6ccccc6)cc2c53)B2c3ccccc3N(c3ccccc3)c3cc(N(c5ccccc5)c5ccccc5)cc(c32)S4)c(F)c1. The van der Waals surface area contributed by atoms with Crippen molar-refractivity contribution >= 4 is 143 Å². The lowest BCUT2D eigenvalue weighted by Gasteiger charge is -2.46. The summed E-state index contributed by atoms with van der Waals surface area (Å²) >= 11 is 1.76. The van der Waals surface area contributed by atoms with E-state index in [0.29, 0.717) is 0 Å². The van der Waals surface area contributed by atoms with Crippen molar-refractivity contribution in [1.29, 1.82) is 0 Å². The molecule has 0 radical (unpaired) electrons. The average Bonchev–Trinajstić information content (AvgIpc) is 0.693. The Morgan fingerprint density at radius 3 is 1.34 bits per heavy atom. The summed E-state index contributed by atoms with van der Waals surface area (Å²) in [6.45, 7) is -0.578. The predicted molar refractivity (Wildman–Crippen MR) is 391 cm³/mol. The van der Waals surface area contributed by atoms with Gasteiger partial charge < -0.3 is 24.5 Å². The molecule has 0 spiro atoms. The lowest BCUT2D eigenvalue weighted by Crippen LogP contribution is -2.64. The van der Waals surface area contributed by atoms with Gasteiger partial charge in [0.25, 0.3) is 6.71 Å². The van der Waals surface area contributed by atoms with Crippen LogP contribution in [0.3, 0.4) is 0 Å². The number of hydrogen-bond donors (Lipinski definition) is 0. The molecule has 18 rings (SSSR count). The smallest absolute Gasteiger partial charge is 0.252 e. The van der Waals surface area contributed by atoms with E-state index in [0.717, 1.165) is 140 Å². The van der Waals surface area contributed by atoms with E-state index < -0.39 is 11.6 Å². The molecule has 0 amide bonds. The van der Waals surface area contributed by atoms with E-state index in [2.05, 4.69) is 328 Å². The van der Waals surface area contributed by atoms with Gasteiger partial charge in [-0.1, -0.05) is 230 Å². The van der Waals surface area contributed by atoms with Gasteiger partial charge in [0.1, 0.15) is 11.6 Å². The van der Waals surface area contributed by atoms with Crippen LogP contribution in [-0.4, -0.2) is 13.4 Å². The lowest BCUT2D eigenvalue weighted by atomic mass is 9.31. The first-order valence-electron chi connectivity index (χ1n) is 31.8. The third-order valence-electron chi connectivity index (χ3n) is 18.9. The van der Waals surface area contributed by atoms with Crippen molar-refractivity contribution in [2.75, 3.05) is 24.5 Å². The summed E-state index contributed by atoms with van der Waals surface area (Å²) in [5.41, 5.74) is 24.8. The van der Waals surface area contributed by atoms with Gasteiger partial charge in [-0.3, -0.25) is 0 Å². The minimum atomic E-state index is -0.672. The van der Waals surface area contributed by atoms with Crippen LogP contribution in [0.2, 0.25) is 0 Å². The van der Waals surface area contributed by atoms with Crippen LogP contribution in [0.1, 0.15) is 0 Å². The Bertz CT molecular complexity index is 5220. The van der Waals surface area contributed by atoms with Gasteiger partial charge in [0.2, 0.25) is 6.71 Å². The zero-order valence-corrected chi connectivity index (χ0v) is 51.6. The van der Waals surface area contributed by atoms with E-state index >= 15 is 8.78 Å². The van der Waals surface area contributed by atoms with Gasteiger partial charge in [0, 0.05) is 89.5 Å². The van der Waals surface area contributed by atoms with E-state index in [9.17, 15) is 0 Å². The highest BCUT2D eigenvalue weighted by atomic mass is 32.2. The largest absolute Gasteiger partial charge is 0.311 e. The maximum atomic E-state index is 17.9. The molecule has 0 unspecified atom stereocenters. The minimum Gasteiger partial charge on any atom is -0.311 e. The lowest BCUT2D eigenvalue weighted by molar-refractivity contribution is 0.584. The van der Waals surface area contributed by atoms with E-state index in [1.165, 1.54) is 17.0 Å². The average molecular weight is 1230 g/mol. The second-order valence-corrected chi connectivity index (χ2v) is 25.3. The van der Waals surface area contributed by atoms with Crippen molar-refractivity contribution in [1.82, 2.24) is 0 Å². The quantitative estimate of drug-likeness (QED) is 0.119. The molecule has 4 aliphatic heterocycles. The molecule has 0 aromatic heterocycles. The first-order valence-corrected chi connectivity index (χ1v) is 32.7. The summed E-state index contributed by atoms with van der Waals surface area (Å²) < 4.78 is 33.7. The summed E-state index contributed by atoms with van der Waals surface area (Å²) in [6, 6.07) is 117. The number of nitrogens with zero attached hydrogens (tertiary/aromatic N) is 5. The van der Waals surface area contributed by atoms with E-state index in [4.69, 9.17) is 0 Å². The van der Waals surface area contributed by atoms with Crippen LogP contribution < -0.4 is 57.3 Å². The second kappa shape index (κ2) is 22.7. The Balaban J connectivity index is 0.939. The Labute approximate surface area is 550 Å². The van der Waals surface area contributed by atoms with Gasteiger partial charge in [-0.05, 0) is 154 Å². The molecule has 14 aromatic carbocycles. The first kappa shape index (κ1) is 55.3. The minimum absolute atomic E-state index is 0.213. The molecular formula is C84H55B2F2N5S. The zero-order chi connectivity index (χ0) is 62.4. The Morgan fingerprint density at radius 1 is 0.277 bits per heavy atom. The number of fused-ring (bicyclic) bond motifs is 8. The first-order chi connectivity index (χ1) is 46.5. The van der Waals surface area contributed by atoms with Crippen molar-refractivity contribution in [2.24, 2.45) is 0 Å². The molecule has 0 saturated carbocycles. The van der Waals surface area contributed by atoms with Crippen LogP contribution in [0, 0.1) is 11.6 Å². The molecule has 0 fully saturated rings. The van der Waals surface area contributed by atoms with Gasteiger partial charge in [-0.25, -0.2) is 8.78 Å². The fraction of sp³-hybridized carbons (Fsp3) is 0. The number of para-hydroxylation sites is 8. The molecular weight excluding hydrogens is 1170 g/mol. The number of benzene rings is 14. The van der Waals surface area contributed by atoms with Crippen molar-refractivity contribution in [2.45, 2.75) is 9.79 Å².